The number of aromatic nitrogens is 3. The Balaban J connectivity index is 1.48. The summed E-state index contributed by atoms with van der Waals surface area (Å²) in [5.74, 6) is 0.834. The van der Waals surface area contributed by atoms with Crippen molar-refractivity contribution in [3.8, 4) is 5.69 Å². The summed E-state index contributed by atoms with van der Waals surface area (Å²) < 4.78 is 6.55. The summed E-state index contributed by atoms with van der Waals surface area (Å²) in [5.41, 5.74) is 1.43. The summed E-state index contributed by atoms with van der Waals surface area (Å²) in [4.78, 5) is 24.0. The minimum atomic E-state index is -0.243. The van der Waals surface area contributed by atoms with Gasteiger partial charge in [-0.2, -0.15) is 5.10 Å². The largest absolute Gasteiger partial charge is 0.360 e. The SMILES string of the molecule is Cc1cc(NC(=O)CSCC(=O)Nc2ccccc2-n2cccn2)no1. The maximum absolute atomic E-state index is 12.2. The molecule has 26 heavy (non-hydrogen) atoms. The Morgan fingerprint density at radius 1 is 1.15 bits per heavy atom. The summed E-state index contributed by atoms with van der Waals surface area (Å²) >= 11 is 1.21. The van der Waals surface area contributed by atoms with Crippen molar-refractivity contribution in [1.82, 2.24) is 14.9 Å². The summed E-state index contributed by atoms with van der Waals surface area (Å²) in [6, 6.07) is 10.8. The predicted molar refractivity (Wildman–Crippen MR) is 99.4 cm³/mol. The van der Waals surface area contributed by atoms with Gasteiger partial charge in [-0.05, 0) is 25.1 Å². The normalized spacial score (nSPS) is 10.5. The van der Waals surface area contributed by atoms with Gasteiger partial charge in [0, 0.05) is 18.5 Å². The molecule has 3 aromatic rings. The number of benzene rings is 1. The van der Waals surface area contributed by atoms with E-state index in [0.717, 1.165) is 5.69 Å². The van der Waals surface area contributed by atoms with Crippen LogP contribution in [0.1, 0.15) is 5.76 Å². The lowest BCUT2D eigenvalue weighted by atomic mass is 10.2. The highest BCUT2D eigenvalue weighted by Gasteiger charge is 2.11. The molecule has 9 heteroatoms. The van der Waals surface area contributed by atoms with Gasteiger partial charge in [-0.3, -0.25) is 9.59 Å². The predicted octanol–water partition coefficient (Wildman–Crippen LogP) is 2.48. The molecule has 8 nitrogen and oxygen atoms in total. The van der Waals surface area contributed by atoms with Crippen LogP contribution in [0.4, 0.5) is 11.5 Å². The second-order valence-corrected chi connectivity index (χ2v) is 6.37. The number of nitrogens with one attached hydrogen (secondary N) is 2. The smallest absolute Gasteiger partial charge is 0.235 e. The fourth-order valence-electron chi connectivity index (χ4n) is 2.22. The van der Waals surface area contributed by atoms with E-state index in [4.69, 9.17) is 4.52 Å². The number of hydrogen-bond donors (Lipinski definition) is 2. The van der Waals surface area contributed by atoms with Gasteiger partial charge in [0.1, 0.15) is 5.76 Å². The molecule has 2 N–H and O–H groups in total. The molecular weight excluding hydrogens is 354 g/mol. The van der Waals surface area contributed by atoms with Crippen molar-refractivity contribution in [3.63, 3.8) is 0 Å². The van der Waals surface area contributed by atoms with Crippen LogP contribution in [0.15, 0.2) is 53.3 Å². The molecule has 0 bridgehead atoms. The Hall–Kier alpha value is -3.07. The highest BCUT2D eigenvalue weighted by molar-refractivity contribution is 8.00. The number of amides is 2. The number of carbonyl (C=O) groups is 2. The van der Waals surface area contributed by atoms with Crippen LogP contribution in [-0.2, 0) is 9.59 Å². The van der Waals surface area contributed by atoms with E-state index >= 15 is 0 Å². The monoisotopic (exact) mass is 371 g/mol. The molecule has 0 saturated carbocycles. The number of hydrogen-bond acceptors (Lipinski definition) is 6. The van der Waals surface area contributed by atoms with Gasteiger partial charge in [0.15, 0.2) is 5.82 Å². The third-order valence-corrected chi connectivity index (χ3v) is 4.22. The van der Waals surface area contributed by atoms with E-state index < -0.39 is 0 Å². The Morgan fingerprint density at radius 2 is 1.92 bits per heavy atom. The molecule has 0 atom stereocenters. The highest BCUT2D eigenvalue weighted by Crippen LogP contribution is 2.19. The molecule has 0 saturated heterocycles. The average molecular weight is 371 g/mol. The lowest BCUT2D eigenvalue weighted by Gasteiger charge is -2.10. The van der Waals surface area contributed by atoms with Gasteiger partial charge in [-0.15, -0.1) is 11.8 Å². The Morgan fingerprint density at radius 3 is 2.62 bits per heavy atom. The van der Waals surface area contributed by atoms with E-state index in [0.29, 0.717) is 17.3 Å². The van der Waals surface area contributed by atoms with Crippen LogP contribution in [0, 0.1) is 6.92 Å². The van der Waals surface area contributed by atoms with Crippen molar-refractivity contribution >= 4 is 35.1 Å². The van der Waals surface area contributed by atoms with Crippen molar-refractivity contribution in [3.05, 3.63) is 54.6 Å². The van der Waals surface area contributed by atoms with Gasteiger partial charge in [0.25, 0.3) is 0 Å². The number of para-hydroxylation sites is 2. The average Bonchev–Trinajstić information content (AvgIpc) is 3.27. The van der Waals surface area contributed by atoms with Gasteiger partial charge in [0.05, 0.1) is 22.9 Å². The second kappa shape index (κ2) is 8.34. The first-order chi connectivity index (χ1) is 12.6. The van der Waals surface area contributed by atoms with Gasteiger partial charge in [-0.1, -0.05) is 17.3 Å². The van der Waals surface area contributed by atoms with Crippen LogP contribution in [0.5, 0.6) is 0 Å². The number of nitrogens with zero attached hydrogens (tertiary/aromatic N) is 3. The first-order valence-electron chi connectivity index (χ1n) is 7.81. The number of thioether (sulfide) groups is 1. The van der Waals surface area contributed by atoms with Gasteiger partial charge >= 0.3 is 0 Å². The first kappa shape index (κ1) is 17.7. The zero-order valence-electron chi connectivity index (χ0n) is 14.0. The number of aryl methyl sites for hydroxylation is 1. The van der Waals surface area contributed by atoms with Gasteiger partial charge in [0.2, 0.25) is 11.8 Å². The molecule has 0 aliphatic heterocycles. The van der Waals surface area contributed by atoms with Crippen molar-refractivity contribution in [2.45, 2.75) is 6.92 Å². The maximum atomic E-state index is 12.2. The zero-order chi connectivity index (χ0) is 18.4. The van der Waals surface area contributed by atoms with Crippen LogP contribution in [0.2, 0.25) is 0 Å². The second-order valence-electron chi connectivity index (χ2n) is 5.38. The molecule has 0 unspecified atom stereocenters. The lowest BCUT2D eigenvalue weighted by Crippen LogP contribution is -2.19. The number of carbonyl (C=O) groups excluding carboxylic acids is 2. The third kappa shape index (κ3) is 4.73. The minimum Gasteiger partial charge on any atom is -0.360 e. The van der Waals surface area contributed by atoms with E-state index in [1.165, 1.54) is 11.8 Å². The Labute approximate surface area is 153 Å². The minimum absolute atomic E-state index is 0.139. The van der Waals surface area contributed by atoms with Crippen LogP contribution in [0.3, 0.4) is 0 Å². The fraction of sp³-hybridized carbons (Fsp3) is 0.176. The summed E-state index contributed by atoms with van der Waals surface area (Å²) in [6.45, 7) is 1.74. The van der Waals surface area contributed by atoms with E-state index in [-0.39, 0.29) is 23.3 Å². The van der Waals surface area contributed by atoms with Crippen molar-refractivity contribution < 1.29 is 14.1 Å². The Bertz CT molecular complexity index is 891. The molecule has 134 valence electrons. The van der Waals surface area contributed by atoms with E-state index in [9.17, 15) is 9.59 Å². The van der Waals surface area contributed by atoms with E-state index in [1.807, 2.05) is 24.3 Å². The zero-order valence-corrected chi connectivity index (χ0v) is 14.8. The standard InChI is InChI=1S/C17H17N5O3S/c1-12-9-15(21-25-12)20-17(24)11-26-10-16(23)19-13-5-2-3-6-14(13)22-8-4-7-18-22/h2-9H,10-11H2,1H3,(H,19,23)(H,20,21,24). The first-order valence-corrected chi connectivity index (χ1v) is 8.97. The quantitative estimate of drug-likeness (QED) is 0.661. The van der Waals surface area contributed by atoms with Gasteiger partial charge < -0.3 is 15.2 Å². The van der Waals surface area contributed by atoms with Gasteiger partial charge in [-0.25, -0.2) is 4.68 Å². The van der Waals surface area contributed by atoms with Crippen LogP contribution in [-0.4, -0.2) is 38.3 Å². The molecule has 0 radical (unpaired) electrons. The summed E-state index contributed by atoms with van der Waals surface area (Å²) in [6.07, 6.45) is 3.47. The highest BCUT2D eigenvalue weighted by atomic mass is 32.2. The molecule has 0 fully saturated rings. The van der Waals surface area contributed by atoms with Crippen LogP contribution >= 0.6 is 11.8 Å². The van der Waals surface area contributed by atoms with E-state index in [1.54, 1.807) is 36.1 Å². The summed E-state index contributed by atoms with van der Waals surface area (Å²) in [5, 5.41) is 13.3. The Kier molecular flexibility index (Phi) is 5.69. The van der Waals surface area contributed by atoms with Crippen LogP contribution < -0.4 is 10.6 Å². The molecule has 2 amide bonds. The molecule has 0 aliphatic carbocycles. The third-order valence-electron chi connectivity index (χ3n) is 3.29. The molecule has 2 aromatic heterocycles. The number of anilines is 2. The topological polar surface area (TPSA) is 102 Å². The fourth-order valence-corrected chi connectivity index (χ4v) is 2.83. The lowest BCUT2D eigenvalue weighted by molar-refractivity contribution is -0.114. The molecule has 1 aromatic carbocycles. The number of rotatable bonds is 7. The maximum Gasteiger partial charge on any atom is 0.235 e. The molecule has 0 spiro atoms. The van der Waals surface area contributed by atoms with Crippen molar-refractivity contribution in [1.29, 1.82) is 0 Å². The van der Waals surface area contributed by atoms with Crippen molar-refractivity contribution in [2.75, 3.05) is 22.1 Å². The van der Waals surface area contributed by atoms with E-state index in [2.05, 4.69) is 20.9 Å². The summed E-state index contributed by atoms with van der Waals surface area (Å²) in [7, 11) is 0. The van der Waals surface area contributed by atoms with Crippen molar-refractivity contribution in [2.24, 2.45) is 0 Å². The molecule has 0 aliphatic rings. The molecule has 2 heterocycles. The molecular formula is C17H17N5O3S. The molecule has 3 rings (SSSR count). The van der Waals surface area contributed by atoms with Crippen LogP contribution in [0.25, 0.3) is 5.69 Å².